The second kappa shape index (κ2) is 5.92. The summed E-state index contributed by atoms with van der Waals surface area (Å²) in [6, 6.07) is 13.6. The molecule has 1 N–H and O–H groups in total. The number of fused-ring (bicyclic) bond motifs is 3. The van der Waals surface area contributed by atoms with Crippen LogP contribution in [0.5, 0.6) is 5.75 Å². The third kappa shape index (κ3) is 2.66. The number of ether oxygens (including phenoxy) is 1. The molecule has 3 aromatic rings. The van der Waals surface area contributed by atoms with Gasteiger partial charge in [0.25, 0.3) is 5.91 Å². The molecule has 0 saturated carbocycles. The van der Waals surface area contributed by atoms with E-state index in [9.17, 15) is 9.18 Å². The summed E-state index contributed by atoms with van der Waals surface area (Å²) < 4.78 is 19.5. The lowest BCUT2D eigenvalue weighted by Crippen LogP contribution is -2.11. The van der Waals surface area contributed by atoms with Crippen molar-refractivity contribution < 1.29 is 13.9 Å². The van der Waals surface area contributed by atoms with E-state index in [0.29, 0.717) is 11.5 Å². The van der Waals surface area contributed by atoms with E-state index in [1.807, 2.05) is 24.3 Å². The Morgan fingerprint density at radius 2 is 2.04 bits per heavy atom. The summed E-state index contributed by atoms with van der Waals surface area (Å²) in [6.07, 6.45) is 0. The number of benzene rings is 2. The van der Waals surface area contributed by atoms with Gasteiger partial charge in [-0.05, 0) is 36.4 Å². The van der Waals surface area contributed by atoms with Crippen LogP contribution < -0.4 is 10.1 Å². The molecular weight excluding hydrogens is 349 g/mol. The molecule has 120 valence electrons. The van der Waals surface area contributed by atoms with Crippen LogP contribution >= 0.6 is 22.9 Å². The predicted molar refractivity (Wildman–Crippen MR) is 93.5 cm³/mol. The van der Waals surface area contributed by atoms with Crippen LogP contribution in [-0.2, 0) is 6.61 Å². The van der Waals surface area contributed by atoms with Gasteiger partial charge in [0.2, 0.25) is 0 Å². The molecule has 0 aliphatic carbocycles. The minimum Gasteiger partial charge on any atom is -0.488 e. The van der Waals surface area contributed by atoms with Crippen LogP contribution in [0.25, 0.3) is 10.4 Å². The number of hydrogen-bond donors (Lipinski definition) is 1. The average Bonchev–Trinajstić information content (AvgIpc) is 3.02. The van der Waals surface area contributed by atoms with E-state index in [-0.39, 0.29) is 16.6 Å². The van der Waals surface area contributed by atoms with E-state index in [1.165, 1.54) is 29.5 Å². The summed E-state index contributed by atoms with van der Waals surface area (Å²) in [5, 5.41) is 2.87. The van der Waals surface area contributed by atoms with Gasteiger partial charge in [-0.3, -0.25) is 4.79 Å². The smallest absolute Gasteiger partial charge is 0.265 e. The molecule has 1 aliphatic heterocycles. The molecular formula is C18H11ClFNO2S. The van der Waals surface area contributed by atoms with Gasteiger partial charge in [-0.1, -0.05) is 23.7 Å². The second-order valence-electron chi connectivity index (χ2n) is 5.33. The Balaban J connectivity index is 1.64. The third-order valence-electron chi connectivity index (χ3n) is 3.73. The summed E-state index contributed by atoms with van der Waals surface area (Å²) in [5.74, 6) is -0.110. The van der Waals surface area contributed by atoms with E-state index in [2.05, 4.69) is 5.32 Å². The Hall–Kier alpha value is -2.37. The van der Waals surface area contributed by atoms with E-state index < -0.39 is 5.82 Å². The van der Waals surface area contributed by atoms with Crippen LogP contribution in [0.4, 0.5) is 10.1 Å². The summed E-state index contributed by atoms with van der Waals surface area (Å²) in [4.78, 5) is 14.0. The topological polar surface area (TPSA) is 38.3 Å². The molecule has 0 atom stereocenters. The maximum absolute atomic E-state index is 13.8. The van der Waals surface area contributed by atoms with Gasteiger partial charge >= 0.3 is 0 Å². The highest BCUT2D eigenvalue weighted by Gasteiger charge is 2.22. The van der Waals surface area contributed by atoms with Crippen molar-refractivity contribution in [3.05, 3.63) is 69.8 Å². The molecule has 0 unspecified atom stereocenters. The molecule has 6 heteroatoms. The fourth-order valence-corrected chi connectivity index (χ4v) is 3.84. The van der Waals surface area contributed by atoms with Gasteiger partial charge in [0, 0.05) is 21.0 Å². The monoisotopic (exact) mass is 359 g/mol. The number of halogens is 2. The number of carbonyl (C=O) groups excluding carboxylic acids is 1. The predicted octanol–water partition coefficient (Wildman–Crippen LogP) is 5.35. The molecule has 0 radical (unpaired) electrons. The second-order valence-corrected chi connectivity index (χ2v) is 6.82. The van der Waals surface area contributed by atoms with Crippen molar-refractivity contribution in [2.45, 2.75) is 6.61 Å². The maximum atomic E-state index is 13.8. The largest absolute Gasteiger partial charge is 0.488 e. The first kappa shape index (κ1) is 15.2. The highest BCUT2D eigenvalue weighted by Crippen LogP contribution is 2.42. The van der Waals surface area contributed by atoms with Crippen molar-refractivity contribution in [3.8, 4) is 16.2 Å². The zero-order valence-corrected chi connectivity index (χ0v) is 13.9. The minimum atomic E-state index is -0.564. The Morgan fingerprint density at radius 1 is 1.21 bits per heavy atom. The minimum absolute atomic E-state index is 0.104. The van der Waals surface area contributed by atoms with Crippen LogP contribution in [0.2, 0.25) is 5.02 Å². The molecule has 2 heterocycles. The van der Waals surface area contributed by atoms with Crippen molar-refractivity contribution >= 4 is 34.5 Å². The molecule has 0 fully saturated rings. The molecule has 1 amide bonds. The lowest BCUT2D eigenvalue weighted by Gasteiger charge is -2.16. The van der Waals surface area contributed by atoms with Gasteiger partial charge in [-0.2, -0.15) is 0 Å². The highest BCUT2D eigenvalue weighted by atomic mass is 35.5. The fraction of sp³-hybridized carbons (Fsp3) is 0.0556. The van der Waals surface area contributed by atoms with E-state index >= 15 is 0 Å². The Kier molecular flexibility index (Phi) is 3.75. The first-order valence-corrected chi connectivity index (χ1v) is 8.42. The number of thiophene rings is 1. The molecule has 4 rings (SSSR count). The highest BCUT2D eigenvalue weighted by molar-refractivity contribution is 7.17. The molecule has 3 nitrogen and oxygen atoms in total. The summed E-state index contributed by atoms with van der Waals surface area (Å²) in [7, 11) is 0. The quantitative estimate of drug-likeness (QED) is 0.669. The molecule has 1 aromatic heterocycles. The van der Waals surface area contributed by atoms with Crippen LogP contribution in [0.1, 0.15) is 15.2 Å². The zero-order valence-electron chi connectivity index (χ0n) is 12.3. The van der Waals surface area contributed by atoms with Gasteiger partial charge in [0.1, 0.15) is 18.2 Å². The van der Waals surface area contributed by atoms with Gasteiger partial charge in [-0.25, -0.2) is 4.39 Å². The lowest BCUT2D eigenvalue weighted by atomic mass is 10.1. The Labute approximate surface area is 146 Å². The van der Waals surface area contributed by atoms with Gasteiger partial charge < -0.3 is 10.1 Å². The fourth-order valence-electron chi connectivity index (χ4n) is 2.59. The maximum Gasteiger partial charge on any atom is 0.265 e. The van der Waals surface area contributed by atoms with Crippen molar-refractivity contribution in [1.82, 2.24) is 0 Å². The zero-order chi connectivity index (χ0) is 16.7. The van der Waals surface area contributed by atoms with Crippen molar-refractivity contribution in [3.63, 3.8) is 0 Å². The van der Waals surface area contributed by atoms with Crippen LogP contribution in [-0.4, -0.2) is 5.91 Å². The summed E-state index contributed by atoms with van der Waals surface area (Å²) in [5.41, 5.74) is 2.04. The van der Waals surface area contributed by atoms with Crippen LogP contribution in [0, 0.1) is 5.82 Å². The molecule has 0 saturated heterocycles. The van der Waals surface area contributed by atoms with Crippen molar-refractivity contribution in [1.29, 1.82) is 0 Å². The molecule has 2 aromatic carbocycles. The van der Waals surface area contributed by atoms with E-state index in [4.69, 9.17) is 16.3 Å². The standard InChI is InChI=1S/C18H11ClFNO2S/c19-11-5-6-14(13(20)8-11)21-18(22)16-7-10-9-23-15-4-2-1-3-12(15)17(10)24-16/h1-8H,9H2,(H,21,22). The molecule has 1 aliphatic rings. The van der Waals surface area contributed by atoms with Gasteiger partial charge in [0.05, 0.1) is 10.6 Å². The first-order valence-electron chi connectivity index (χ1n) is 7.23. The van der Waals surface area contributed by atoms with Gasteiger partial charge in [-0.15, -0.1) is 11.3 Å². The third-order valence-corrected chi connectivity index (χ3v) is 5.17. The number of hydrogen-bond acceptors (Lipinski definition) is 3. The van der Waals surface area contributed by atoms with Crippen LogP contribution in [0.3, 0.4) is 0 Å². The SMILES string of the molecule is O=C(Nc1ccc(Cl)cc1F)c1cc2c(s1)-c1ccccc1OC2. The molecule has 0 spiro atoms. The first-order chi connectivity index (χ1) is 11.6. The van der Waals surface area contributed by atoms with E-state index in [0.717, 1.165) is 21.8 Å². The Bertz CT molecular complexity index is 954. The number of para-hydroxylation sites is 1. The van der Waals surface area contributed by atoms with Crippen molar-refractivity contribution in [2.24, 2.45) is 0 Å². The number of rotatable bonds is 2. The van der Waals surface area contributed by atoms with Gasteiger partial charge in [0.15, 0.2) is 0 Å². The molecule has 24 heavy (non-hydrogen) atoms. The van der Waals surface area contributed by atoms with Crippen molar-refractivity contribution in [2.75, 3.05) is 5.32 Å². The summed E-state index contributed by atoms with van der Waals surface area (Å²) in [6.45, 7) is 0.422. The van der Waals surface area contributed by atoms with Crippen LogP contribution in [0.15, 0.2) is 48.5 Å². The normalized spacial score (nSPS) is 12.1. The number of nitrogens with one attached hydrogen (secondary N) is 1. The Morgan fingerprint density at radius 3 is 2.88 bits per heavy atom. The lowest BCUT2D eigenvalue weighted by molar-refractivity contribution is 0.103. The number of amides is 1. The van der Waals surface area contributed by atoms with E-state index in [1.54, 1.807) is 6.07 Å². The summed E-state index contributed by atoms with van der Waals surface area (Å²) >= 11 is 7.10. The number of anilines is 1. The number of carbonyl (C=O) groups is 1. The average molecular weight is 360 g/mol. The molecule has 0 bridgehead atoms.